The molecule has 0 aliphatic carbocycles. The minimum Gasteiger partial charge on any atom is -0.350 e. The van der Waals surface area contributed by atoms with Crippen LogP contribution in [0.4, 0.5) is 4.79 Å². The summed E-state index contributed by atoms with van der Waals surface area (Å²) >= 11 is 0. The molecule has 2 rings (SSSR count). The van der Waals surface area contributed by atoms with Gasteiger partial charge in [0.1, 0.15) is 0 Å². The maximum Gasteiger partial charge on any atom is 0.330 e. The first kappa shape index (κ1) is 18.1. The molecule has 1 saturated heterocycles. The summed E-state index contributed by atoms with van der Waals surface area (Å²) < 4.78 is 5.47. The Labute approximate surface area is 142 Å². The summed E-state index contributed by atoms with van der Waals surface area (Å²) in [4.78, 5) is 39.8. The molecule has 1 aromatic rings. The first-order valence-electron chi connectivity index (χ1n) is 8.06. The summed E-state index contributed by atoms with van der Waals surface area (Å²) in [5, 5.41) is 0. The number of ether oxygens (including phenoxy) is 1. The van der Waals surface area contributed by atoms with Crippen molar-refractivity contribution in [2.45, 2.75) is 40.5 Å². The monoisotopic (exact) mass is 332 g/mol. The second-order valence-electron chi connectivity index (χ2n) is 6.80. The number of urea groups is 1. The highest BCUT2D eigenvalue weighted by Gasteiger charge is 2.47. The Morgan fingerprint density at radius 2 is 1.79 bits per heavy atom. The van der Waals surface area contributed by atoms with E-state index in [4.69, 9.17) is 4.74 Å². The summed E-state index contributed by atoms with van der Waals surface area (Å²) in [5.74, 6) is -0.642. The number of benzene rings is 1. The zero-order valence-electron chi connectivity index (χ0n) is 14.6. The molecule has 6 heteroatoms. The second kappa shape index (κ2) is 7.13. The average Bonchev–Trinajstić information content (AvgIpc) is 2.73. The van der Waals surface area contributed by atoms with Crippen LogP contribution in [-0.2, 0) is 20.9 Å². The Hall–Kier alpha value is -2.21. The van der Waals surface area contributed by atoms with Crippen LogP contribution in [0.2, 0.25) is 0 Å². The molecule has 1 aliphatic rings. The fraction of sp³-hybridized carbons (Fsp3) is 0.500. The zero-order valence-corrected chi connectivity index (χ0v) is 14.6. The van der Waals surface area contributed by atoms with Crippen molar-refractivity contribution in [1.82, 2.24) is 9.80 Å². The van der Waals surface area contributed by atoms with Gasteiger partial charge in [0.25, 0.3) is 5.91 Å². The Balaban J connectivity index is 2.22. The predicted molar refractivity (Wildman–Crippen MR) is 89.0 cm³/mol. The molecule has 1 atom stereocenters. The summed E-state index contributed by atoms with van der Waals surface area (Å²) in [6.45, 7) is 7.40. The third-order valence-corrected chi connectivity index (χ3v) is 3.90. The molecule has 130 valence electrons. The van der Waals surface area contributed by atoms with Gasteiger partial charge in [-0.3, -0.25) is 19.4 Å². The van der Waals surface area contributed by atoms with Gasteiger partial charge in [-0.25, -0.2) is 4.79 Å². The first-order valence-corrected chi connectivity index (χ1v) is 8.06. The van der Waals surface area contributed by atoms with Crippen LogP contribution in [0.15, 0.2) is 30.3 Å². The Morgan fingerprint density at radius 1 is 1.17 bits per heavy atom. The number of carbonyl (C=O) groups is 3. The number of imide groups is 1. The number of nitrogens with zero attached hydrogens (tertiary/aromatic N) is 2. The zero-order chi connectivity index (χ0) is 17.9. The maximum absolute atomic E-state index is 12.7. The molecule has 1 fully saturated rings. The van der Waals surface area contributed by atoms with Crippen LogP contribution in [0.25, 0.3) is 0 Å². The van der Waals surface area contributed by atoms with Crippen molar-refractivity contribution in [3.63, 3.8) is 0 Å². The topological polar surface area (TPSA) is 66.9 Å². The van der Waals surface area contributed by atoms with Crippen molar-refractivity contribution in [2.75, 3.05) is 13.2 Å². The smallest absolute Gasteiger partial charge is 0.330 e. The molecule has 3 amide bonds. The highest BCUT2D eigenvalue weighted by Crippen LogP contribution is 2.24. The molecule has 0 saturated carbocycles. The fourth-order valence-electron chi connectivity index (χ4n) is 2.39. The molecule has 0 bridgehead atoms. The predicted octanol–water partition coefficient (Wildman–Crippen LogP) is 2.43. The van der Waals surface area contributed by atoms with Gasteiger partial charge < -0.3 is 4.74 Å². The van der Waals surface area contributed by atoms with Crippen molar-refractivity contribution in [3.05, 3.63) is 35.9 Å². The maximum atomic E-state index is 12.7. The van der Waals surface area contributed by atoms with Gasteiger partial charge in [0, 0.05) is 12.0 Å². The lowest BCUT2D eigenvalue weighted by atomic mass is 9.90. The lowest BCUT2D eigenvalue weighted by Crippen LogP contribution is -2.40. The summed E-state index contributed by atoms with van der Waals surface area (Å²) in [7, 11) is 0. The standard InChI is InChI=1S/C18H24N2O4/c1-5-24-16-15(22)19(12-14(21)18(2,3)4)17(23)20(16)11-13-9-7-6-8-10-13/h6-10,16H,5,11-12H2,1-4H3. The number of rotatable bonds is 6. The van der Waals surface area contributed by atoms with Crippen molar-refractivity contribution in [3.8, 4) is 0 Å². The van der Waals surface area contributed by atoms with Crippen LogP contribution in [0, 0.1) is 5.41 Å². The Morgan fingerprint density at radius 3 is 2.33 bits per heavy atom. The molecule has 1 heterocycles. The molecule has 1 aromatic carbocycles. The van der Waals surface area contributed by atoms with E-state index in [-0.39, 0.29) is 18.9 Å². The van der Waals surface area contributed by atoms with Crippen molar-refractivity contribution < 1.29 is 19.1 Å². The quantitative estimate of drug-likeness (QED) is 0.750. The number of Topliss-reactive ketones (excluding diaryl/α,β-unsaturated/α-hetero) is 1. The summed E-state index contributed by atoms with van der Waals surface area (Å²) in [6.07, 6.45) is -0.976. The molecule has 1 aliphatic heterocycles. The van der Waals surface area contributed by atoms with E-state index in [1.165, 1.54) is 4.90 Å². The van der Waals surface area contributed by atoms with Crippen molar-refractivity contribution in [1.29, 1.82) is 0 Å². The average molecular weight is 332 g/mol. The highest BCUT2D eigenvalue weighted by molar-refractivity contribution is 6.06. The van der Waals surface area contributed by atoms with E-state index in [9.17, 15) is 14.4 Å². The van der Waals surface area contributed by atoms with Gasteiger partial charge in [-0.1, -0.05) is 51.1 Å². The largest absolute Gasteiger partial charge is 0.350 e. The number of carbonyl (C=O) groups excluding carboxylic acids is 3. The third kappa shape index (κ3) is 3.82. The summed E-state index contributed by atoms with van der Waals surface area (Å²) in [5.41, 5.74) is 0.279. The van der Waals surface area contributed by atoms with E-state index >= 15 is 0 Å². The number of hydrogen-bond donors (Lipinski definition) is 0. The Bertz CT molecular complexity index is 622. The molecule has 24 heavy (non-hydrogen) atoms. The van der Waals surface area contributed by atoms with Gasteiger partial charge in [-0.05, 0) is 12.5 Å². The highest BCUT2D eigenvalue weighted by atomic mass is 16.5. The van der Waals surface area contributed by atoms with E-state index < -0.39 is 23.6 Å². The molecular weight excluding hydrogens is 308 g/mol. The molecule has 1 unspecified atom stereocenters. The van der Waals surface area contributed by atoms with Gasteiger partial charge in [0.2, 0.25) is 6.23 Å². The molecule has 6 nitrogen and oxygen atoms in total. The third-order valence-electron chi connectivity index (χ3n) is 3.90. The minimum atomic E-state index is -0.976. The molecule has 0 spiro atoms. The number of hydrogen-bond acceptors (Lipinski definition) is 4. The minimum absolute atomic E-state index is 0.166. The lowest BCUT2D eigenvalue weighted by Gasteiger charge is -2.22. The number of ketones is 1. The van der Waals surface area contributed by atoms with Gasteiger partial charge in [0.15, 0.2) is 5.78 Å². The van der Waals surface area contributed by atoms with Crippen LogP contribution >= 0.6 is 0 Å². The second-order valence-corrected chi connectivity index (χ2v) is 6.80. The molecule has 0 N–H and O–H groups in total. The first-order chi connectivity index (χ1) is 11.3. The van der Waals surface area contributed by atoms with Crippen LogP contribution in [-0.4, -0.2) is 46.9 Å². The van der Waals surface area contributed by atoms with E-state index in [0.29, 0.717) is 6.61 Å². The molecular formula is C18H24N2O4. The van der Waals surface area contributed by atoms with Gasteiger partial charge in [-0.2, -0.15) is 0 Å². The van der Waals surface area contributed by atoms with Crippen LogP contribution < -0.4 is 0 Å². The van der Waals surface area contributed by atoms with E-state index in [1.807, 2.05) is 30.3 Å². The van der Waals surface area contributed by atoms with E-state index in [2.05, 4.69) is 0 Å². The molecule has 0 radical (unpaired) electrons. The van der Waals surface area contributed by atoms with Gasteiger partial charge in [0.05, 0.1) is 13.1 Å². The number of amides is 3. The van der Waals surface area contributed by atoms with Crippen LogP contribution in [0.3, 0.4) is 0 Å². The van der Waals surface area contributed by atoms with Gasteiger partial charge in [-0.15, -0.1) is 0 Å². The summed E-state index contributed by atoms with van der Waals surface area (Å²) in [6, 6.07) is 8.89. The Kier molecular flexibility index (Phi) is 5.39. The van der Waals surface area contributed by atoms with E-state index in [0.717, 1.165) is 10.5 Å². The van der Waals surface area contributed by atoms with Crippen molar-refractivity contribution in [2.24, 2.45) is 5.41 Å². The van der Waals surface area contributed by atoms with Crippen LogP contribution in [0.1, 0.15) is 33.3 Å². The molecule has 0 aromatic heterocycles. The van der Waals surface area contributed by atoms with E-state index in [1.54, 1.807) is 27.7 Å². The van der Waals surface area contributed by atoms with Gasteiger partial charge >= 0.3 is 6.03 Å². The normalized spacial score (nSPS) is 18.4. The van der Waals surface area contributed by atoms with Crippen LogP contribution in [0.5, 0.6) is 0 Å². The lowest BCUT2D eigenvalue weighted by molar-refractivity contribution is -0.144. The fourth-order valence-corrected chi connectivity index (χ4v) is 2.39. The van der Waals surface area contributed by atoms with Crippen molar-refractivity contribution >= 4 is 17.7 Å². The SMILES string of the molecule is CCOC1C(=O)N(CC(=O)C(C)(C)C)C(=O)N1Cc1ccccc1.